The summed E-state index contributed by atoms with van der Waals surface area (Å²) in [6, 6.07) is 12.2. The van der Waals surface area contributed by atoms with Crippen molar-refractivity contribution in [2.24, 2.45) is 0 Å². The van der Waals surface area contributed by atoms with Gasteiger partial charge in [-0.3, -0.25) is 4.57 Å². The Morgan fingerprint density at radius 2 is 1.76 bits per heavy atom. The Morgan fingerprint density at radius 3 is 2.44 bits per heavy atom. The molecule has 1 saturated heterocycles. The number of piperidine rings is 1. The van der Waals surface area contributed by atoms with Crippen LogP contribution in [0, 0.1) is 6.92 Å². The molecule has 1 aromatic carbocycles. The van der Waals surface area contributed by atoms with Crippen LogP contribution in [0.25, 0.3) is 5.82 Å². The zero-order valence-corrected chi connectivity index (χ0v) is 14.2. The molecule has 0 N–H and O–H groups in total. The number of anilines is 1. The normalized spacial score (nSPS) is 15.3. The Balaban J connectivity index is 1.36. The molecule has 128 valence electrons. The molecule has 1 aliphatic rings. The molecular formula is C19H21N5O. The average Bonchev–Trinajstić information content (AvgIpc) is 3.19. The van der Waals surface area contributed by atoms with Gasteiger partial charge < -0.3 is 9.64 Å². The lowest BCUT2D eigenvalue weighted by atomic mass is 10.1. The molecule has 1 aliphatic heterocycles. The first-order valence-corrected chi connectivity index (χ1v) is 8.59. The van der Waals surface area contributed by atoms with Gasteiger partial charge in [0.15, 0.2) is 11.6 Å². The predicted molar refractivity (Wildman–Crippen MR) is 96.2 cm³/mol. The van der Waals surface area contributed by atoms with Crippen LogP contribution in [-0.2, 0) is 0 Å². The van der Waals surface area contributed by atoms with Crippen molar-refractivity contribution in [1.82, 2.24) is 19.7 Å². The van der Waals surface area contributed by atoms with Crippen LogP contribution < -0.4 is 9.64 Å². The SMILES string of the molecule is Cc1ccccc1OC1CCN(c2ccc(-n3ccnc3)nn2)CC1. The van der Waals surface area contributed by atoms with Crippen molar-refractivity contribution >= 4 is 5.82 Å². The Kier molecular flexibility index (Phi) is 4.33. The van der Waals surface area contributed by atoms with E-state index in [9.17, 15) is 0 Å². The second-order valence-corrected chi connectivity index (χ2v) is 6.29. The number of nitrogens with zero attached hydrogens (tertiary/aromatic N) is 5. The Morgan fingerprint density at radius 1 is 1.00 bits per heavy atom. The average molecular weight is 335 g/mol. The molecule has 0 saturated carbocycles. The molecular weight excluding hydrogens is 314 g/mol. The first kappa shape index (κ1) is 15.6. The van der Waals surface area contributed by atoms with E-state index < -0.39 is 0 Å². The number of ether oxygens (including phenoxy) is 1. The van der Waals surface area contributed by atoms with E-state index in [0.717, 1.165) is 43.3 Å². The van der Waals surface area contributed by atoms with Gasteiger partial charge in [-0.1, -0.05) is 18.2 Å². The highest BCUT2D eigenvalue weighted by atomic mass is 16.5. The van der Waals surface area contributed by atoms with E-state index in [-0.39, 0.29) is 6.10 Å². The van der Waals surface area contributed by atoms with Gasteiger partial charge >= 0.3 is 0 Å². The van der Waals surface area contributed by atoms with Gasteiger partial charge in [0.1, 0.15) is 18.2 Å². The number of hydrogen-bond acceptors (Lipinski definition) is 5. The Bertz CT molecular complexity index is 808. The van der Waals surface area contributed by atoms with Gasteiger partial charge in [0.05, 0.1) is 0 Å². The minimum Gasteiger partial charge on any atom is -0.490 e. The third kappa shape index (κ3) is 3.47. The van der Waals surface area contributed by atoms with Crippen molar-refractivity contribution in [3.05, 3.63) is 60.7 Å². The van der Waals surface area contributed by atoms with E-state index in [1.54, 1.807) is 12.5 Å². The van der Waals surface area contributed by atoms with Crippen LogP contribution in [0.5, 0.6) is 5.75 Å². The van der Waals surface area contributed by atoms with Crippen LogP contribution in [0.1, 0.15) is 18.4 Å². The topological polar surface area (TPSA) is 56.1 Å². The number of para-hydroxylation sites is 1. The smallest absolute Gasteiger partial charge is 0.160 e. The lowest BCUT2D eigenvalue weighted by Crippen LogP contribution is -2.38. The van der Waals surface area contributed by atoms with Crippen LogP contribution in [-0.4, -0.2) is 38.9 Å². The van der Waals surface area contributed by atoms with E-state index in [1.165, 1.54) is 5.56 Å². The Hall–Kier alpha value is -2.89. The highest BCUT2D eigenvalue weighted by Gasteiger charge is 2.22. The van der Waals surface area contributed by atoms with Crippen molar-refractivity contribution in [2.75, 3.05) is 18.0 Å². The summed E-state index contributed by atoms with van der Waals surface area (Å²) in [5.74, 6) is 2.68. The van der Waals surface area contributed by atoms with E-state index in [4.69, 9.17) is 4.74 Å². The molecule has 4 rings (SSSR count). The predicted octanol–water partition coefficient (Wildman–Crippen LogP) is 3.02. The molecule has 0 aliphatic carbocycles. The molecule has 0 radical (unpaired) electrons. The maximum atomic E-state index is 6.17. The third-order valence-electron chi connectivity index (χ3n) is 4.56. The molecule has 6 nitrogen and oxygen atoms in total. The van der Waals surface area contributed by atoms with E-state index >= 15 is 0 Å². The first-order valence-electron chi connectivity index (χ1n) is 8.59. The number of imidazole rings is 1. The van der Waals surface area contributed by atoms with Crippen molar-refractivity contribution in [3.63, 3.8) is 0 Å². The molecule has 0 atom stereocenters. The fourth-order valence-electron chi connectivity index (χ4n) is 3.09. The van der Waals surface area contributed by atoms with Gasteiger partial charge in [-0.05, 0) is 30.7 Å². The molecule has 25 heavy (non-hydrogen) atoms. The number of rotatable bonds is 4. The lowest BCUT2D eigenvalue weighted by Gasteiger charge is -2.32. The maximum Gasteiger partial charge on any atom is 0.160 e. The molecule has 3 aromatic rings. The summed E-state index contributed by atoms with van der Waals surface area (Å²) in [5, 5.41) is 8.66. The van der Waals surface area contributed by atoms with Crippen molar-refractivity contribution in [1.29, 1.82) is 0 Å². The summed E-state index contributed by atoms with van der Waals surface area (Å²) < 4.78 is 8.01. The van der Waals surface area contributed by atoms with Crippen LogP contribution in [0.4, 0.5) is 5.82 Å². The Labute approximate surface area is 147 Å². The standard InChI is InChI=1S/C19H21N5O/c1-15-4-2-3-5-17(15)25-16-8-11-23(12-9-16)18-6-7-19(22-21-18)24-13-10-20-14-24/h2-7,10,13-14,16H,8-9,11-12H2,1H3. The number of hydrogen-bond donors (Lipinski definition) is 0. The highest BCUT2D eigenvalue weighted by Crippen LogP contribution is 2.24. The van der Waals surface area contributed by atoms with Crippen LogP contribution in [0.2, 0.25) is 0 Å². The molecule has 2 aromatic heterocycles. The van der Waals surface area contributed by atoms with Crippen molar-refractivity contribution in [2.45, 2.75) is 25.9 Å². The lowest BCUT2D eigenvalue weighted by molar-refractivity contribution is 0.169. The van der Waals surface area contributed by atoms with Gasteiger partial charge in [0, 0.05) is 38.3 Å². The summed E-state index contributed by atoms with van der Waals surface area (Å²) in [5.41, 5.74) is 1.19. The highest BCUT2D eigenvalue weighted by molar-refractivity contribution is 5.40. The molecule has 0 spiro atoms. The van der Waals surface area contributed by atoms with Crippen LogP contribution in [0.15, 0.2) is 55.1 Å². The molecule has 6 heteroatoms. The van der Waals surface area contributed by atoms with Crippen molar-refractivity contribution < 1.29 is 4.74 Å². The van der Waals surface area contributed by atoms with Gasteiger partial charge in [-0.25, -0.2) is 4.98 Å². The van der Waals surface area contributed by atoms with Gasteiger partial charge in [0.2, 0.25) is 0 Å². The number of aryl methyl sites for hydroxylation is 1. The van der Waals surface area contributed by atoms with E-state index in [1.807, 2.05) is 41.1 Å². The fourth-order valence-corrected chi connectivity index (χ4v) is 3.09. The molecule has 3 heterocycles. The molecule has 1 fully saturated rings. The minimum atomic E-state index is 0.260. The monoisotopic (exact) mass is 335 g/mol. The van der Waals surface area contributed by atoms with E-state index in [2.05, 4.69) is 33.1 Å². The second kappa shape index (κ2) is 6.93. The van der Waals surface area contributed by atoms with Gasteiger partial charge in [0.25, 0.3) is 0 Å². The quantitative estimate of drug-likeness (QED) is 0.733. The van der Waals surface area contributed by atoms with Crippen LogP contribution >= 0.6 is 0 Å². The zero-order chi connectivity index (χ0) is 17.1. The number of aromatic nitrogens is 4. The summed E-state index contributed by atoms with van der Waals surface area (Å²) >= 11 is 0. The van der Waals surface area contributed by atoms with E-state index in [0.29, 0.717) is 0 Å². The minimum absolute atomic E-state index is 0.260. The van der Waals surface area contributed by atoms with Gasteiger partial charge in [-0.2, -0.15) is 0 Å². The third-order valence-corrected chi connectivity index (χ3v) is 4.56. The molecule has 0 bridgehead atoms. The van der Waals surface area contributed by atoms with Crippen LogP contribution in [0.3, 0.4) is 0 Å². The van der Waals surface area contributed by atoms with Crippen molar-refractivity contribution in [3.8, 4) is 11.6 Å². The second-order valence-electron chi connectivity index (χ2n) is 6.29. The first-order chi connectivity index (χ1) is 12.3. The summed E-state index contributed by atoms with van der Waals surface area (Å²) in [6.07, 6.45) is 7.54. The fraction of sp³-hybridized carbons (Fsp3) is 0.316. The molecule has 0 amide bonds. The van der Waals surface area contributed by atoms with Gasteiger partial charge in [-0.15, -0.1) is 10.2 Å². The zero-order valence-electron chi connectivity index (χ0n) is 14.2. The summed E-state index contributed by atoms with van der Waals surface area (Å²) in [7, 11) is 0. The molecule has 0 unspecified atom stereocenters. The summed E-state index contributed by atoms with van der Waals surface area (Å²) in [4.78, 5) is 6.30. The summed E-state index contributed by atoms with van der Waals surface area (Å²) in [6.45, 7) is 3.94. The number of benzene rings is 1. The largest absolute Gasteiger partial charge is 0.490 e. The maximum absolute atomic E-state index is 6.17.